The molecule has 0 saturated heterocycles. The predicted molar refractivity (Wildman–Crippen MR) is 88.2 cm³/mol. The van der Waals surface area contributed by atoms with Gasteiger partial charge in [0.25, 0.3) is 0 Å². The van der Waals surface area contributed by atoms with Gasteiger partial charge < -0.3 is 19.9 Å². The van der Waals surface area contributed by atoms with Crippen LogP contribution in [0.2, 0.25) is 0 Å². The highest BCUT2D eigenvalue weighted by Crippen LogP contribution is 2.24. The molecule has 0 aliphatic heterocycles. The zero-order valence-corrected chi connectivity index (χ0v) is 14.0. The number of carbonyl (C=O) groups is 1. The van der Waals surface area contributed by atoms with Gasteiger partial charge in [-0.05, 0) is 50.3 Å². The van der Waals surface area contributed by atoms with Crippen molar-refractivity contribution in [2.45, 2.75) is 64.4 Å². The van der Waals surface area contributed by atoms with E-state index in [1.807, 2.05) is 19.1 Å². The highest BCUT2D eigenvalue weighted by atomic mass is 16.5. The molecule has 1 aliphatic carbocycles. The number of hydrogen-bond donors (Lipinski definition) is 2. The monoisotopic (exact) mass is 321 g/mol. The number of amides is 1. The maximum Gasteiger partial charge on any atom is 0.217 e. The molecule has 1 aromatic carbocycles. The minimum atomic E-state index is -0.0230. The van der Waals surface area contributed by atoms with E-state index in [1.165, 1.54) is 6.92 Å². The SMILES string of the molecule is CC(=O)N[C@@H](C)COC1CCC(OCc2cccc(O)c2)CC1. The number of phenols is 1. The zero-order chi connectivity index (χ0) is 16.7. The Hall–Kier alpha value is -1.59. The maximum atomic E-state index is 11.0. The van der Waals surface area contributed by atoms with E-state index >= 15 is 0 Å². The molecule has 1 atom stereocenters. The Balaban J connectivity index is 1.63. The third kappa shape index (κ3) is 6.59. The van der Waals surface area contributed by atoms with E-state index < -0.39 is 0 Å². The highest BCUT2D eigenvalue weighted by molar-refractivity contribution is 5.73. The number of ether oxygens (including phenoxy) is 2. The number of aromatic hydroxyl groups is 1. The van der Waals surface area contributed by atoms with Crippen LogP contribution in [0.3, 0.4) is 0 Å². The third-order valence-corrected chi connectivity index (χ3v) is 4.05. The lowest BCUT2D eigenvalue weighted by molar-refractivity contribution is -0.120. The molecule has 0 spiro atoms. The molecule has 1 aliphatic rings. The van der Waals surface area contributed by atoms with Gasteiger partial charge in [-0.3, -0.25) is 4.79 Å². The summed E-state index contributed by atoms with van der Waals surface area (Å²) >= 11 is 0. The van der Waals surface area contributed by atoms with Gasteiger partial charge in [-0.1, -0.05) is 12.1 Å². The minimum absolute atomic E-state index is 0.0230. The molecule has 128 valence electrons. The van der Waals surface area contributed by atoms with Gasteiger partial charge >= 0.3 is 0 Å². The Kier molecular flexibility index (Phi) is 6.86. The molecule has 1 fully saturated rings. The normalized spacial score (nSPS) is 22.5. The summed E-state index contributed by atoms with van der Waals surface area (Å²) in [5.41, 5.74) is 0.993. The molecular formula is C18H27NO4. The Morgan fingerprint density at radius 2 is 1.91 bits per heavy atom. The van der Waals surface area contributed by atoms with E-state index in [0.29, 0.717) is 13.2 Å². The second-order valence-electron chi connectivity index (χ2n) is 6.31. The average molecular weight is 321 g/mol. The number of benzene rings is 1. The fourth-order valence-electron chi connectivity index (χ4n) is 2.89. The summed E-state index contributed by atoms with van der Waals surface area (Å²) in [7, 11) is 0. The summed E-state index contributed by atoms with van der Waals surface area (Å²) in [5, 5.41) is 12.3. The molecular weight excluding hydrogens is 294 g/mol. The molecule has 23 heavy (non-hydrogen) atoms. The van der Waals surface area contributed by atoms with Crippen LogP contribution in [0.1, 0.15) is 45.1 Å². The van der Waals surface area contributed by atoms with E-state index in [4.69, 9.17) is 9.47 Å². The summed E-state index contributed by atoms with van der Waals surface area (Å²) in [6, 6.07) is 7.23. The van der Waals surface area contributed by atoms with E-state index in [2.05, 4.69) is 5.32 Å². The second kappa shape index (κ2) is 8.89. The van der Waals surface area contributed by atoms with E-state index in [0.717, 1.165) is 31.2 Å². The average Bonchev–Trinajstić information content (AvgIpc) is 2.51. The number of nitrogens with one attached hydrogen (secondary N) is 1. The number of carbonyl (C=O) groups excluding carboxylic acids is 1. The fourth-order valence-corrected chi connectivity index (χ4v) is 2.89. The smallest absolute Gasteiger partial charge is 0.217 e. The van der Waals surface area contributed by atoms with Crippen molar-refractivity contribution in [1.29, 1.82) is 0 Å². The first-order valence-corrected chi connectivity index (χ1v) is 8.31. The molecule has 2 rings (SSSR count). The van der Waals surface area contributed by atoms with Crippen molar-refractivity contribution in [2.24, 2.45) is 0 Å². The molecule has 1 amide bonds. The van der Waals surface area contributed by atoms with Crippen molar-refractivity contribution in [3.8, 4) is 5.75 Å². The van der Waals surface area contributed by atoms with Gasteiger partial charge in [-0.15, -0.1) is 0 Å². The Morgan fingerprint density at radius 1 is 1.26 bits per heavy atom. The van der Waals surface area contributed by atoms with E-state index in [1.54, 1.807) is 12.1 Å². The van der Waals surface area contributed by atoms with Crippen LogP contribution in [-0.4, -0.2) is 35.9 Å². The molecule has 2 N–H and O–H groups in total. The summed E-state index contributed by atoms with van der Waals surface area (Å²) in [5.74, 6) is 0.252. The predicted octanol–water partition coefficient (Wildman–Crippen LogP) is 2.76. The molecule has 5 nitrogen and oxygen atoms in total. The van der Waals surface area contributed by atoms with E-state index in [-0.39, 0.29) is 29.9 Å². The summed E-state index contributed by atoms with van der Waals surface area (Å²) in [6.45, 7) is 4.56. The van der Waals surface area contributed by atoms with Gasteiger partial charge in [-0.2, -0.15) is 0 Å². The molecule has 1 saturated carbocycles. The first kappa shape index (κ1) is 17.8. The van der Waals surface area contributed by atoms with Crippen LogP contribution in [0.5, 0.6) is 5.75 Å². The number of hydrogen-bond acceptors (Lipinski definition) is 4. The highest BCUT2D eigenvalue weighted by Gasteiger charge is 2.22. The van der Waals surface area contributed by atoms with Crippen LogP contribution in [0.15, 0.2) is 24.3 Å². The van der Waals surface area contributed by atoms with Crippen LogP contribution < -0.4 is 5.32 Å². The van der Waals surface area contributed by atoms with E-state index in [9.17, 15) is 9.90 Å². The zero-order valence-electron chi connectivity index (χ0n) is 14.0. The molecule has 0 heterocycles. The molecule has 0 bridgehead atoms. The fraction of sp³-hybridized carbons (Fsp3) is 0.611. The van der Waals surface area contributed by atoms with Gasteiger partial charge in [0, 0.05) is 13.0 Å². The summed E-state index contributed by atoms with van der Waals surface area (Å²) in [4.78, 5) is 11.0. The first-order valence-electron chi connectivity index (χ1n) is 8.31. The van der Waals surface area contributed by atoms with Crippen molar-refractivity contribution < 1.29 is 19.4 Å². The van der Waals surface area contributed by atoms with Crippen LogP contribution in [0, 0.1) is 0 Å². The van der Waals surface area contributed by atoms with Crippen LogP contribution in [0.25, 0.3) is 0 Å². The van der Waals surface area contributed by atoms with Gasteiger partial charge in [0.2, 0.25) is 5.91 Å². The first-order chi connectivity index (χ1) is 11.0. The molecule has 5 heteroatoms. The number of rotatable bonds is 7. The van der Waals surface area contributed by atoms with Crippen LogP contribution in [0.4, 0.5) is 0 Å². The van der Waals surface area contributed by atoms with Gasteiger partial charge in [0.15, 0.2) is 0 Å². The van der Waals surface area contributed by atoms with Crippen molar-refractivity contribution in [3.05, 3.63) is 29.8 Å². The maximum absolute atomic E-state index is 11.0. The van der Waals surface area contributed by atoms with Crippen molar-refractivity contribution in [1.82, 2.24) is 5.32 Å². The Bertz CT molecular complexity index is 498. The second-order valence-corrected chi connectivity index (χ2v) is 6.31. The molecule has 0 unspecified atom stereocenters. The van der Waals surface area contributed by atoms with Gasteiger partial charge in [-0.25, -0.2) is 0 Å². The quantitative estimate of drug-likeness (QED) is 0.810. The van der Waals surface area contributed by atoms with Crippen molar-refractivity contribution in [3.63, 3.8) is 0 Å². The van der Waals surface area contributed by atoms with Crippen molar-refractivity contribution >= 4 is 5.91 Å². The van der Waals surface area contributed by atoms with Crippen LogP contribution in [-0.2, 0) is 20.9 Å². The lowest BCUT2D eigenvalue weighted by Crippen LogP contribution is -2.36. The van der Waals surface area contributed by atoms with Crippen molar-refractivity contribution in [2.75, 3.05) is 6.61 Å². The van der Waals surface area contributed by atoms with Gasteiger partial charge in [0.05, 0.1) is 25.4 Å². The molecule has 0 aromatic heterocycles. The number of phenolic OH excluding ortho intramolecular Hbond substituents is 1. The minimum Gasteiger partial charge on any atom is -0.508 e. The molecule has 1 aromatic rings. The Labute approximate surface area is 138 Å². The van der Waals surface area contributed by atoms with Gasteiger partial charge in [0.1, 0.15) is 5.75 Å². The lowest BCUT2D eigenvalue weighted by Gasteiger charge is -2.29. The topological polar surface area (TPSA) is 67.8 Å². The summed E-state index contributed by atoms with van der Waals surface area (Å²) < 4.78 is 11.8. The van der Waals surface area contributed by atoms with Crippen LogP contribution >= 0.6 is 0 Å². The summed E-state index contributed by atoms with van der Waals surface area (Å²) in [6.07, 6.45) is 4.45. The molecule has 0 radical (unpaired) electrons. The third-order valence-electron chi connectivity index (χ3n) is 4.05. The largest absolute Gasteiger partial charge is 0.508 e. The Morgan fingerprint density at radius 3 is 2.52 bits per heavy atom. The lowest BCUT2D eigenvalue weighted by atomic mass is 9.95. The standard InChI is InChI=1S/C18H27NO4/c1-13(19-14(2)20)11-22-17-6-8-18(9-7-17)23-12-15-4-3-5-16(21)10-15/h3-5,10,13,17-18,21H,6-9,11-12H2,1-2H3,(H,19,20)/t13-,17?,18?/m0/s1.